The second kappa shape index (κ2) is 27.5. The fraction of sp³-hybridized carbons (Fsp3) is 0.353. The van der Waals surface area contributed by atoms with E-state index in [1.165, 1.54) is 77.0 Å². The molecule has 0 aliphatic carbocycles. The lowest BCUT2D eigenvalue weighted by molar-refractivity contribution is 0.305. The highest BCUT2D eigenvalue weighted by Crippen LogP contribution is 2.31. The Morgan fingerprint density at radius 3 is 0.671 bits per heavy atom. The van der Waals surface area contributed by atoms with E-state index in [0.717, 1.165) is 137 Å². The van der Waals surface area contributed by atoms with Crippen LogP contribution in [-0.2, 0) is 0 Å². The summed E-state index contributed by atoms with van der Waals surface area (Å²) in [6, 6.07) is 52.1. The molecule has 9 rings (SSSR count). The first-order chi connectivity index (χ1) is 37.5. The van der Waals surface area contributed by atoms with Crippen LogP contribution < -0.4 is 40.3 Å². The van der Waals surface area contributed by atoms with Gasteiger partial charge in [-0.15, -0.1) is 0 Å². The van der Waals surface area contributed by atoms with Crippen molar-refractivity contribution in [1.82, 2.24) is 19.9 Å². The largest absolute Gasteiger partial charge is 0.494 e. The zero-order valence-corrected chi connectivity index (χ0v) is 45.6. The van der Waals surface area contributed by atoms with Gasteiger partial charge in [-0.25, -0.2) is 0 Å². The Labute approximate surface area is 451 Å². The first kappa shape index (κ1) is 53.5. The van der Waals surface area contributed by atoms with Gasteiger partial charge < -0.3 is 38.9 Å². The van der Waals surface area contributed by atoms with E-state index >= 15 is 0 Å². The summed E-state index contributed by atoms with van der Waals surface area (Å²) in [7, 11) is 0. The summed E-state index contributed by atoms with van der Waals surface area (Å²) < 4.78 is 25.0. The minimum Gasteiger partial charge on any atom is -0.494 e. The number of H-pyrrole nitrogens is 4. The quantitative estimate of drug-likeness (QED) is 0.0367. The van der Waals surface area contributed by atoms with Crippen LogP contribution in [0.4, 0.5) is 0 Å². The summed E-state index contributed by atoms with van der Waals surface area (Å²) in [6.45, 7) is 11.8. The lowest BCUT2D eigenvalue weighted by Gasteiger charge is -2.12. The van der Waals surface area contributed by atoms with Gasteiger partial charge in [0.25, 0.3) is 0 Å². The van der Waals surface area contributed by atoms with Crippen molar-refractivity contribution >= 4 is 22.3 Å². The number of rotatable bonds is 28. The monoisotopic (exact) mass is 1020 g/mol. The molecule has 1 aliphatic heterocycles. The molecular formula is C68H80N4O4. The van der Waals surface area contributed by atoms with Gasteiger partial charge in [-0.05, 0) is 145 Å². The predicted octanol–water partition coefficient (Wildman–Crippen LogP) is 14.1. The third kappa shape index (κ3) is 13.7. The number of aromatic amines is 4. The van der Waals surface area contributed by atoms with Crippen molar-refractivity contribution in [2.45, 2.75) is 130 Å². The van der Waals surface area contributed by atoms with Gasteiger partial charge in [-0.1, -0.05) is 153 Å². The average molecular weight is 1020 g/mol. The van der Waals surface area contributed by atoms with E-state index in [4.69, 9.17) is 18.9 Å². The minimum atomic E-state index is 0.714. The van der Waals surface area contributed by atoms with Crippen LogP contribution in [-0.4, -0.2) is 46.4 Å². The lowest BCUT2D eigenvalue weighted by atomic mass is 10.0. The maximum Gasteiger partial charge on any atom is 0.119 e. The van der Waals surface area contributed by atoms with Crippen molar-refractivity contribution in [3.8, 4) is 23.0 Å². The summed E-state index contributed by atoms with van der Waals surface area (Å²) in [5.41, 5.74) is 12.5. The van der Waals surface area contributed by atoms with Crippen LogP contribution in [0.15, 0.2) is 146 Å². The molecule has 0 saturated carbocycles. The van der Waals surface area contributed by atoms with Gasteiger partial charge in [-0.2, -0.15) is 0 Å². The van der Waals surface area contributed by atoms with Gasteiger partial charge in [0.1, 0.15) is 23.0 Å². The molecule has 8 heteroatoms. The molecule has 0 amide bonds. The molecule has 0 radical (unpaired) electrons. The molecule has 0 spiro atoms. The van der Waals surface area contributed by atoms with Crippen LogP contribution in [0.5, 0.6) is 23.0 Å². The van der Waals surface area contributed by atoms with Crippen molar-refractivity contribution < 1.29 is 18.9 Å². The SMILES string of the molecule is CCCCCCOc1ccc(C2=c3ccc([nH]3)=C(c3ccc(OCCCCCC)cc3)c3ccc([nH]3)C(c3ccc(OCCCCCC)cc3)=c3ccc([nH]3)=C(c3ccc(OCCCCCC)cc3)c3ccc2[nH]3)cc1. The summed E-state index contributed by atoms with van der Waals surface area (Å²) in [5, 5.41) is 3.96. The van der Waals surface area contributed by atoms with Crippen molar-refractivity contribution in [3.63, 3.8) is 0 Å². The third-order valence-electron chi connectivity index (χ3n) is 14.5. The van der Waals surface area contributed by atoms with Crippen molar-refractivity contribution in [2.24, 2.45) is 0 Å². The topological polar surface area (TPSA) is 100 Å². The molecule has 8 nitrogen and oxygen atoms in total. The molecule has 1 aliphatic rings. The van der Waals surface area contributed by atoms with E-state index in [-0.39, 0.29) is 0 Å². The zero-order valence-electron chi connectivity index (χ0n) is 45.6. The zero-order chi connectivity index (χ0) is 52.3. The standard InChI is InChI=1S/C68H80N4O4/c1-5-9-13-17-45-73-53-29-21-49(22-30-53)65-57-37-39-59(69-57)66(50-23-31-54(32-24-50)74-46-18-14-10-6-2)61-41-43-63(71-61)68(52-27-35-56(36-28-52)76-48-20-16-12-8-4)64-44-42-62(72-64)67(60-40-38-58(65)70-60)51-25-33-55(34-26-51)75-47-19-15-11-7-3/h21-44,69-72H,5-20,45-48H2,1-4H3. The van der Waals surface area contributed by atoms with E-state index < -0.39 is 0 Å². The molecule has 4 aromatic heterocycles. The lowest BCUT2D eigenvalue weighted by Crippen LogP contribution is -2.19. The molecule has 4 aromatic carbocycles. The van der Waals surface area contributed by atoms with E-state index in [2.05, 4.69) is 193 Å². The summed E-state index contributed by atoms with van der Waals surface area (Å²) in [4.78, 5) is 15.8. The van der Waals surface area contributed by atoms with Gasteiger partial charge in [0.2, 0.25) is 0 Å². The van der Waals surface area contributed by atoms with Crippen LogP contribution in [0.1, 0.15) is 175 Å². The summed E-state index contributed by atoms with van der Waals surface area (Å²) in [5.74, 6) is 3.52. The van der Waals surface area contributed by atoms with E-state index in [9.17, 15) is 0 Å². The van der Waals surface area contributed by atoms with Crippen molar-refractivity contribution in [3.05, 3.63) is 212 Å². The molecular weight excluding hydrogens is 937 g/mol. The Morgan fingerprint density at radius 2 is 0.461 bits per heavy atom. The normalized spacial score (nSPS) is 12.4. The third-order valence-corrected chi connectivity index (χ3v) is 14.5. The molecule has 0 unspecified atom stereocenters. The number of fused-ring (bicyclic) bond motifs is 8. The molecule has 5 heterocycles. The first-order valence-corrected chi connectivity index (χ1v) is 28.7. The Bertz CT molecular complexity index is 2860. The second-order valence-electron chi connectivity index (χ2n) is 20.4. The Kier molecular flexibility index (Phi) is 19.3. The molecule has 0 saturated heterocycles. The Balaban J connectivity index is 1.21. The van der Waals surface area contributed by atoms with Gasteiger partial charge in [0, 0.05) is 66.5 Å². The fourth-order valence-electron chi connectivity index (χ4n) is 10.3. The smallest absolute Gasteiger partial charge is 0.119 e. The van der Waals surface area contributed by atoms with Crippen LogP contribution in [0.3, 0.4) is 0 Å². The van der Waals surface area contributed by atoms with Crippen LogP contribution in [0.25, 0.3) is 22.3 Å². The molecule has 8 aromatic rings. The number of benzene rings is 4. The Hall–Kier alpha value is -7.32. The fourth-order valence-corrected chi connectivity index (χ4v) is 10.3. The molecule has 4 N–H and O–H groups in total. The van der Waals surface area contributed by atoms with Gasteiger partial charge >= 0.3 is 0 Å². The number of ether oxygens (including phenoxy) is 4. The highest BCUT2D eigenvalue weighted by molar-refractivity contribution is 5.85. The average Bonchev–Trinajstić information content (AvgIpc) is 4.31. The number of hydrogen-bond acceptors (Lipinski definition) is 4. The number of unbranched alkanes of at least 4 members (excludes halogenated alkanes) is 12. The van der Waals surface area contributed by atoms with E-state index in [1.54, 1.807) is 0 Å². The van der Waals surface area contributed by atoms with Crippen LogP contribution in [0.2, 0.25) is 0 Å². The number of aromatic nitrogens is 4. The maximum absolute atomic E-state index is 6.26. The summed E-state index contributed by atoms with van der Waals surface area (Å²) in [6.07, 6.45) is 18.7. The first-order valence-electron chi connectivity index (χ1n) is 28.7. The minimum absolute atomic E-state index is 0.714. The van der Waals surface area contributed by atoms with Crippen molar-refractivity contribution in [1.29, 1.82) is 0 Å². The highest BCUT2D eigenvalue weighted by atomic mass is 16.5. The molecule has 8 bridgehead atoms. The van der Waals surface area contributed by atoms with Crippen LogP contribution in [0, 0.1) is 0 Å². The highest BCUT2D eigenvalue weighted by Gasteiger charge is 2.19. The molecule has 0 atom stereocenters. The molecule has 76 heavy (non-hydrogen) atoms. The van der Waals surface area contributed by atoms with Gasteiger partial charge in [0.05, 0.1) is 26.4 Å². The molecule has 396 valence electrons. The van der Waals surface area contributed by atoms with Gasteiger partial charge in [-0.3, -0.25) is 0 Å². The number of hydrogen-bond donors (Lipinski definition) is 4. The van der Waals surface area contributed by atoms with Gasteiger partial charge in [0.15, 0.2) is 0 Å². The van der Waals surface area contributed by atoms with E-state index in [1.807, 2.05) is 0 Å². The van der Waals surface area contributed by atoms with E-state index in [0.29, 0.717) is 26.4 Å². The van der Waals surface area contributed by atoms with Crippen molar-refractivity contribution in [2.75, 3.05) is 26.4 Å². The Morgan fingerprint density at radius 1 is 0.237 bits per heavy atom. The van der Waals surface area contributed by atoms with Crippen LogP contribution >= 0.6 is 0 Å². The number of nitrogens with one attached hydrogen (secondary N) is 4. The maximum atomic E-state index is 6.26. The predicted molar refractivity (Wildman–Crippen MR) is 312 cm³/mol. The second-order valence-corrected chi connectivity index (χ2v) is 20.4. The molecule has 0 fully saturated rings. The summed E-state index contributed by atoms with van der Waals surface area (Å²) >= 11 is 0.